The molecule has 0 aliphatic rings. The van der Waals surface area contributed by atoms with E-state index in [-0.39, 0.29) is 10.7 Å². The minimum absolute atomic E-state index is 0.0329. The van der Waals surface area contributed by atoms with Crippen LogP contribution < -0.4 is 9.47 Å². The Hall–Kier alpha value is -2.80. The molecule has 0 spiro atoms. The maximum Gasteiger partial charge on any atom is 0.160 e. The Morgan fingerprint density at radius 2 is 1.33 bits per heavy atom. The van der Waals surface area contributed by atoms with Gasteiger partial charge in [-0.05, 0) is 24.6 Å². The average molecular weight is 395 g/mol. The lowest BCUT2D eigenvalue weighted by Gasteiger charge is -2.16. The molecule has 4 nitrogen and oxygen atoms in total. The first-order valence-corrected chi connectivity index (χ1v) is 8.14. The maximum absolute atomic E-state index is 14.5. The van der Waals surface area contributed by atoms with Gasteiger partial charge in [0.05, 0.1) is 25.5 Å². The minimum Gasteiger partial charge on any atom is -0.497 e. The van der Waals surface area contributed by atoms with E-state index >= 15 is 0 Å². The number of rotatable bonds is 4. The Bertz CT molecular complexity index is 983. The third-order valence-corrected chi connectivity index (χ3v) is 4.27. The summed E-state index contributed by atoms with van der Waals surface area (Å²) < 4.78 is 52.8. The Morgan fingerprint density at radius 3 is 1.85 bits per heavy atom. The van der Waals surface area contributed by atoms with Gasteiger partial charge in [0, 0.05) is 29.3 Å². The molecule has 0 saturated heterocycles. The van der Waals surface area contributed by atoms with Crippen molar-refractivity contribution in [1.29, 1.82) is 0 Å². The molecule has 2 aromatic carbocycles. The minimum atomic E-state index is -1.10. The SMILES string of the molecule is COc1cc(OC)cc(-c2c(C)nnc(Cl)c2-c2c(F)cc(F)cc2F)c1. The molecule has 0 saturated carbocycles. The second kappa shape index (κ2) is 7.44. The number of benzene rings is 2. The van der Waals surface area contributed by atoms with Gasteiger partial charge >= 0.3 is 0 Å². The van der Waals surface area contributed by atoms with Crippen LogP contribution in [0.1, 0.15) is 5.69 Å². The van der Waals surface area contributed by atoms with Crippen LogP contribution >= 0.6 is 11.6 Å². The lowest BCUT2D eigenvalue weighted by Crippen LogP contribution is -2.02. The van der Waals surface area contributed by atoms with Crippen LogP contribution in [0.3, 0.4) is 0 Å². The van der Waals surface area contributed by atoms with E-state index in [2.05, 4.69) is 10.2 Å². The van der Waals surface area contributed by atoms with Gasteiger partial charge in [-0.2, -0.15) is 5.10 Å². The number of methoxy groups -OCH3 is 2. The molecule has 8 heteroatoms. The first-order valence-electron chi connectivity index (χ1n) is 7.76. The number of aryl methyl sites for hydroxylation is 1. The lowest BCUT2D eigenvalue weighted by molar-refractivity contribution is 0.394. The molecule has 0 radical (unpaired) electrons. The molecule has 140 valence electrons. The summed E-state index contributed by atoms with van der Waals surface area (Å²) in [6, 6.07) is 6.10. The molecule has 1 heterocycles. The van der Waals surface area contributed by atoms with Crippen molar-refractivity contribution in [3.8, 4) is 33.8 Å². The maximum atomic E-state index is 14.5. The predicted molar refractivity (Wildman–Crippen MR) is 95.6 cm³/mol. The van der Waals surface area contributed by atoms with Gasteiger partial charge in [0.25, 0.3) is 0 Å². The van der Waals surface area contributed by atoms with E-state index in [0.29, 0.717) is 40.5 Å². The summed E-state index contributed by atoms with van der Waals surface area (Å²) >= 11 is 6.15. The Balaban J connectivity index is 2.39. The zero-order valence-corrected chi connectivity index (χ0v) is 15.4. The molecule has 0 bridgehead atoms. The van der Waals surface area contributed by atoms with Crippen LogP contribution in [0.5, 0.6) is 11.5 Å². The van der Waals surface area contributed by atoms with Gasteiger partial charge in [0.15, 0.2) is 5.15 Å². The molecular weight excluding hydrogens is 381 g/mol. The fourth-order valence-electron chi connectivity index (χ4n) is 2.82. The Labute approximate surface area is 158 Å². The van der Waals surface area contributed by atoms with E-state index in [1.54, 1.807) is 25.1 Å². The van der Waals surface area contributed by atoms with Crippen molar-refractivity contribution in [2.45, 2.75) is 6.92 Å². The fraction of sp³-hybridized carbons (Fsp3) is 0.158. The van der Waals surface area contributed by atoms with Crippen molar-refractivity contribution in [3.05, 3.63) is 58.6 Å². The van der Waals surface area contributed by atoms with E-state index in [1.807, 2.05) is 0 Å². The standard InChI is InChI=1S/C19H14ClF3N2O2/c1-9-16(10-4-12(26-2)8-13(5-10)27-3)18(19(20)25-24-9)17-14(22)6-11(21)7-15(17)23/h4-8H,1-3H3. The molecule has 3 rings (SSSR count). The summed E-state index contributed by atoms with van der Waals surface area (Å²) in [4.78, 5) is 0. The van der Waals surface area contributed by atoms with Crippen molar-refractivity contribution in [2.75, 3.05) is 14.2 Å². The van der Waals surface area contributed by atoms with Gasteiger partial charge in [-0.3, -0.25) is 0 Å². The van der Waals surface area contributed by atoms with Gasteiger partial charge in [-0.25, -0.2) is 13.2 Å². The van der Waals surface area contributed by atoms with Crippen LogP contribution in [0.25, 0.3) is 22.3 Å². The number of aromatic nitrogens is 2. The molecule has 0 unspecified atom stereocenters. The molecule has 27 heavy (non-hydrogen) atoms. The van der Waals surface area contributed by atoms with Crippen LogP contribution in [0, 0.1) is 24.4 Å². The van der Waals surface area contributed by atoms with Crippen molar-refractivity contribution >= 4 is 11.6 Å². The summed E-state index contributed by atoms with van der Waals surface area (Å²) in [5.74, 6) is -2.31. The summed E-state index contributed by atoms with van der Waals surface area (Å²) in [6.45, 7) is 1.62. The number of halogens is 4. The van der Waals surface area contributed by atoms with Crippen molar-refractivity contribution in [2.24, 2.45) is 0 Å². The predicted octanol–water partition coefficient (Wildman–Crippen LogP) is 5.21. The molecule has 1 aromatic heterocycles. The second-order valence-electron chi connectivity index (χ2n) is 5.67. The zero-order valence-electron chi connectivity index (χ0n) is 14.6. The highest BCUT2D eigenvalue weighted by Gasteiger charge is 2.24. The van der Waals surface area contributed by atoms with Gasteiger partial charge in [0.2, 0.25) is 0 Å². The number of nitrogens with zero attached hydrogens (tertiary/aromatic N) is 2. The topological polar surface area (TPSA) is 44.2 Å². The Morgan fingerprint density at radius 1 is 0.778 bits per heavy atom. The fourth-order valence-corrected chi connectivity index (χ4v) is 3.04. The third-order valence-electron chi connectivity index (χ3n) is 4.00. The molecular formula is C19H14ClF3N2O2. The monoisotopic (exact) mass is 394 g/mol. The normalized spacial score (nSPS) is 10.8. The van der Waals surface area contributed by atoms with Crippen LogP contribution in [-0.2, 0) is 0 Å². The first kappa shape index (κ1) is 19.0. The quantitative estimate of drug-likeness (QED) is 0.609. The van der Waals surface area contributed by atoms with Crippen LogP contribution in [-0.4, -0.2) is 24.4 Å². The number of hydrogen-bond acceptors (Lipinski definition) is 4. The molecule has 0 aliphatic heterocycles. The summed E-state index contributed by atoms with van der Waals surface area (Å²) in [5.41, 5.74) is 0.675. The average Bonchev–Trinajstić information content (AvgIpc) is 2.63. The lowest BCUT2D eigenvalue weighted by atomic mass is 9.94. The van der Waals surface area contributed by atoms with Crippen molar-refractivity contribution in [1.82, 2.24) is 10.2 Å². The summed E-state index contributed by atoms with van der Waals surface area (Å²) in [7, 11) is 2.95. The third kappa shape index (κ3) is 3.55. The zero-order chi connectivity index (χ0) is 19.7. The van der Waals surface area contributed by atoms with Gasteiger partial charge in [-0.1, -0.05) is 11.6 Å². The highest BCUT2D eigenvalue weighted by atomic mass is 35.5. The number of hydrogen-bond donors (Lipinski definition) is 0. The van der Waals surface area contributed by atoms with Gasteiger partial charge in [0.1, 0.15) is 29.0 Å². The van der Waals surface area contributed by atoms with Crippen molar-refractivity contribution in [3.63, 3.8) is 0 Å². The van der Waals surface area contributed by atoms with E-state index in [9.17, 15) is 13.2 Å². The summed E-state index contributed by atoms with van der Waals surface area (Å²) in [6.07, 6.45) is 0. The molecule has 0 amide bonds. The first-order chi connectivity index (χ1) is 12.8. The second-order valence-corrected chi connectivity index (χ2v) is 6.03. The molecule has 0 atom stereocenters. The van der Waals surface area contributed by atoms with Crippen LogP contribution in [0.4, 0.5) is 13.2 Å². The van der Waals surface area contributed by atoms with E-state index in [0.717, 1.165) is 0 Å². The van der Waals surface area contributed by atoms with Gasteiger partial charge in [-0.15, -0.1) is 5.10 Å². The Kier molecular flexibility index (Phi) is 5.23. The molecule has 3 aromatic rings. The smallest absolute Gasteiger partial charge is 0.160 e. The van der Waals surface area contributed by atoms with Crippen LogP contribution in [0.2, 0.25) is 5.15 Å². The molecule has 0 N–H and O–H groups in total. The highest BCUT2D eigenvalue weighted by molar-refractivity contribution is 6.32. The van der Waals surface area contributed by atoms with E-state index in [4.69, 9.17) is 21.1 Å². The van der Waals surface area contributed by atoms with E-state index < -0.39 is 23.0 Å². The largest absolute Gasteiger partial charge is 0.497 e. The van der Waals surface area contributed by atoms with Gasteiger partial charge < -0.3 is 9.47 Å². The number of ether oxygens (including phenoxy) is 2. The summed E-state index contributed by atoms with van der Waals surface area (Å²) in [5, 5.41) is 7.48. The highest BCUT2D eigenvalue weighted by Crippen LogP contribution is 2.42. The molecule has 0 fully saturated rings. The molecule has 0 aliphatic carbocycles. The van der Waals surface area contributed by atoms with Crippen molar-refractivity contribution < 1.29 is 22.6 Å². The van der Waals surface area contributed by atoms with E-state index in [1.165, 1.54) is 14.2 Å². The van der Waals surface area contributed by atoms with Crippen LogP contribution in [0.15, 0.2) is 30.3 Å².